The van der Waals surface area contributed by atoms with Gasteiger partial charge in [-0.25, -0.2) is 8.78 Å². The summed E-state index contributed by atoms with van der Waals surface area (Å²) in [5.41, 5.74) is 1.46. The molecule has 0 atom stereocenters. The highest BCUT2D eigenvalue weighted by atomic mass is 19.2. The van der Waals surface area contributed by atoms with Gasteiger partial charge in [-0.3, -0.25) is 4.98 Å². The van der Waals surface area contributed by atoms with Crippen LogP contribution in [0.5, 0.6) is 0 Å². The van der Waals surface area contributed by atoms with Crippen molar-refractivity contribution in [2.75, 3.05) is 0 Å². The Balaban J connectivity index is 2.22. The molecule has 0 spiro atoms. The average molecular weight is 204 g/mol. The summed E-state index contributed by atoms with van der Waals surface area (Å²) in [6.45, 7) is 0. The van der Waals surface area contributed by atoms with E-state index in [2.05, 4.69) is 4.98 Å². The van der Waals surface area contributed by atoms with Gasteiger partial charge in [0.25, 0.3) is 0 Å². The molecule has 2 aromatic rings. The molecule has 2 rings (SSSR count). The topological polar surface area (TPSA) is 12.9 Å². The van der Waals surface area contributed by atoms with E-state index >= 15 is 0 Å². The zero-order valence-corrected chi connectivity index (χ0v) is 7.82. The van der Waals surface area contributed by atoms with Crippen molar-refractivity contribution in [1.29, 1.82) is 0 Å². The van der Waals surface area contributed by atoms with Gasteiger partial charge in [0.2, 0.25) is 0 Å². The summed E-state index contributed by atoms with van der Waals surface area (Å²) in [5, 5.41) is 0. The molecule has 0 amide bonds. The Morgan fingerprint density at radius 1 is 1.00 bits per heavy atom. The molecule has 0 aliphatic rings. The summed E-state index contributed by atoms with van der Waals surface area (Å²) in [5.74, 6) is -1.68. The van der Waals surface area contributed by atoms with Gasteiger partial charge >= 0.3 is 0 Å². The van der Waals surface area contributed by atoms with Crippen molar-refractivity contribution in [2.45, 2.75) is 0 Å². The van der Waals surface area contributed by atoms with Crippen LogP contribution in [0.15, 0.2) is 42.7 Å². The maximum atomic E-state index is 12.9. The van der Waals surface area contributed by atoms with Gasteiger partial charge in [-0.05, 0) is 29.3 Å². The Labute approximate surface area is 86.4 Å². The van der Waals surface area contributed by atoms with E-state index in [0.717, 1.165) is 17.7 Å². The van der Waals surface area contributed by atoms with Gasteiger partial charge in [0.15, 0.2) is 11.6 Å². The van der Waals surface area contributed by atoms with E-state index in [1.165, 1.54) is 6.07 Å². The van der Waals surface area contributed by atoms with Crippen LogP contribution in [0.2, 0.25) is 0 Å². The molecular weight excluding hydrogens is 196 g/mol. The number of nitrogens with zero attached hydrogens (tertiary/aromatic N) is 1. The van der Waals surface area contributed by atoms with E-state index in [1.54, 1.807) is 24.9 Å². The first kappa shape index (κ1) is 9.77. The minimum Gasteiger partial charge on any atom is -0.264 e. The lowest BCUT2D eigenvalue weighted by Crippen LogP contribution is -1.89. The standard InChI is InChI=1S/C12H8F2N/c13-11-4-3-9(7-12(11)14)6-10-2-1-5-15-8-10/h1-8H. The molecule has 75 valence electrons. The molecule has 0 unspecified atom stereocenters. The zero-order valence-electron chi connectivity index (χ0n) is 7.82. The highest BCUT2D eigenvalue weighted by Crippen LogP contribution is 2.14. The summed E-state index contributed by atoms with van der Waals surface area (Å²) < 4.78 is 25.5. The Morgan fingerprint density at radius 2 is 1.87 bits per heavy atom. The molecule has 1 aromatic carbocycles. The van der Waals surface area contributed by atoms with Crippen LogP contribution in [0.3, 0.4) is 0 Å². The summed E-state index contributed by atoms with van der Waals surface area (Å²) in [6, 6.07) is 7.41. The molecule has 0 aliphatic heterocycles. The molecule has 0 N–H and O–H groups in total. The van der Waals surface area contributed by atoms with Crippen LogP contribution in [-0.4, -0.2) is 4.98 Å². The van der Waals surface area contributed by atoms with Gasteiger partial charge in [-0.15, -0.1) is 0 Å². The van der Waals surface area contributed by atoms with Crippen molar-refractivity contribution < 1.29 is 8.78 Å². The molecule has 15 heavy (non-hydrogen) atoms. The van der Waals surface area contributed by atoms with Crippen LogP contribution >= 0.6 is 0 Å². The Bertz CT molecular complexity index is 454. The number of hydrogen-bond donors (Lipinski definition) is 0. The summed E-state index contributed by atoms with van der Waals surface area (Å²) in [7, 11) is 0. The molecule has 0 aliphatic carbocycles. The zero-order chi connectivity index (χ0) is 10.7. The third kappa shape index (κ3) is 2.37. The van der Waals surface area contributed by atoms with Gasteiger partial charge in [0.1, 0.15) is 0 Å². The Kier molecular flexibility index (Phi) is 2.72. The van der Waals surface area contributed by atoms with E-state index < -0.39 is 11.6 Å². The SMILES string of the molecule is Fc1ccc([CH]c2cccnc2)cc1F. The Hall–Kier alpha value is -1.77. The summed E-state index contributed by atoms with van der Waals surface area (Å²) in [4.78, 5) is 3.92. The molecule has 1 radical (unpaired) electrons. The van der Waals surface area contributed by atoms with Crippen molar-refractivity contribution in [1.82, 2.24) is 4.98 Å². The monoisotopic (exact) mass is 204 g/mol. The van der Waals surface area contributed by atoms with Crippen molar-refractivity contribution in [3.63, 3.8) is 0 Å². The smallest absolute Gasteiger partial charge is 0.159 e. The maximum absolute atomic E-state index is 12.9. The normalized spacial score (nSPS) is 10.3. The first-order chi connectivity index (χ1) is 7.25. The molecule has 1 aromatic heterocycles. The highest BCUT2D eigenvalue weighted by Gasteiger charge is 2.03. The van der Waals surface area contributed by atoms with Gasteiger partial charge in [-0.2, -0.15) is 0 Å². The number of rotatable bonds is 2. The van der Waals surface area contributed by atoms with Crippen LogP contribution in [0, 0.1) is 18.1 Å². The highest BCUT2D eigenvalue weighted by molar-refractivity contribution is 5.35. The third-order valence-electron chi connectivity index (χ3n) is 1.96. The lowest BCUT2D eigenvalue weighted by Gasteiger charge is -2.01. The fourth-order valence-corrected chi connectivity index (χ4v) is 1.26. The molecule has 1 nitrogen and oxygen atoms in total. The van der Waals surface area contributed by atoms with Crippen LogP contribution in [0.4, 0.5) is 8.78 Å². The lowest BCUT2D eigenvalue weighted by molar-refractivity contribution is 0.508. The predicted octanol–water partition coefficient (Wildman–Crippen LogP) is 2.96. The van der Waals surface area contributed by atoms with Gasteiger partial charge in [-0.1, -0.05) is 12.1 Å². The minimum absolute atomic E-state index is 0.613. The summed E-state index contributed by atoms with van der Waals surface area (Å²) in [6.07, 6.45) is 5.04. The molecule has 0 bridgehead atoms. The Morgan fingerprint density at radius 3 is 2.53 bits per heavy atom. The van der Waals surface area contributed by atoms with Crippen LogP contribution in [0.25, 0.3) is 0 Å². The van der Waals surface area contributed by atoms with Crippen molar-refractivity contribution in [2.24, 2.45) is 0 Å². The fraction of sp³-hybridized carbons (Fsp3) is 0. The largest absolute Gasteiger partial charge is 0.264 e. The van der Waals surface area contributed by atoms with E-state index in [0.29, 0.717) is 5.56 Å². The second-order valence-electron chi connectivity index (χ2n) is 3.10. The number of halogens is 2. The second kappa shape index (κ2) is 4.17. The first-order valence-electron chi connectivity index (χ1n) is 4.45. The van der Waals surface area contributed by atoms with Crippen molar-refractivity contribution in [3.8, 4) is 0 Å². The van der Waals surface area contributed by atoms with Gasteiger partial charge < -0.3 is 0 Å². The number of benzene rings is 1. The van der Waals surface area contributed by atoms with Crippen molar-refractivity contribution >= 4 is 0 Å². The molecule has 1 heterocycles. The molecular formula is C12H8F2N. The van der Waals surface area contributed by atoms with Crippen molar-refractivity contribution in [3.05, 3.63) is 71.9 Å². The number of aromatic nitrogens is 1. The summed E-state index contributed by atoms with van der Waals surface area (Å²) >= 11 is 0. The van der Waals surface area contributed by atoms with Crippen LogP contribution < -0.4 is 0 Å². The molecule has 0 saturated carbocycles. The number of hydrogen-bond acceptors (Lipinski definition) is 1. The fourth-order valence-electron chi connectivity index (χ4n) is 1.26. The van der Waals surface area contributed by atoms with Crippen LogP contribution in [-0.2, 0) is 0 Å². The van der Waals surface area contributed by atoms with E-state index in [4.69, 9.17) is 0 Å². The van der Waals surface area contributed by atoms with E-state index in [1.807, 2.05) is 6.07 Å². The first-order valence-corrected chi connectivity index (χ1v) is 4.45. The van der Waals surface area contributed by atoms with E-state index in [-0.39, 0.29) is 0 Å². The third-order valence-corrected chi connectivity index (χ3v) is 1.96. The maximum Gasteiger partial charge on any atom is 0.159 e. The predicted molar refractivity (Wildman–Crippen MR) is 53.1 cm³/mol. The lowest BCUT2D eigenvalue weighted by atomic mass is 10.1. The minimum atomic E-state index is -0.840. The average Bonchev–Trinajstić information content (AvgIpc) is 2.25. The number of pyridine rings is 1. The second-order valence-corrected chi connectivity index (χ2v) is 3.10. The van der Waals surface area contributed by atoms with Gasteiger partial charge in [0, 0.05) is 18.8 Å². The van der Waals surface area contributed by atoms with Gasteiger partial charge in [0.05, 0.1) is 0 Å². The molecule has 3 heteroatoms. The van der Waals surface area contributed by atoms with Crippen LogP contribution in [0.1, 0.15) is 11.1 Å². The molecule has 0 saturated heterocycles. The van der Waals surface area contributed by atoms with E-state index in [9.17, 15) is 8.78 Å². The molecule has 0 fully saturated rings. The quantitative estimate of drug-likeness (QED) is 0.732.